The van der Waals surface area contributed by atoms with Gasteiger partial charge in [0.05, 0.1) is 11.2 Å². The molecule has 5 nitrogen and oxygen atoms in total. The van der Waals surface area contributed by atoms with Gasteiger partial charge in [-0.3, -0.25) is 4.79 Å². The predicted octanol–water partition coefficient (Wildman–Crippen LogP) is 1.75. The summed E-state index contributed by atoms with van der Waals surface area (Å²) in [4.78, 5) is 10.9. The fourth-order valence-electron chi connectivity index (χ4n) is 1.16. The minimum absolute atomic E-state index is 0.202. The van der Waals surface area contributed by atoms with E-state index in [0.29, 0.717) is 0 Å². The lowest BCUT2D eigenvalue weighted by Gasteiger charge is -2.23. The van der Waals surface area contributed by atoms with E-state index in [-0.39, 0.29) is 13.0 Å². The van der Waals surface area contributed by atoms with E-state index >= 15 is 0 Å². The molecule has 19 heavy (non-hydrogen) atoms. The number of carbonyl (C=O) groups is 1. The molecular formula is C10H18F3NO4S. The SMILES string of the molecule is CCC(C)(CNS(=O)(=O)CCCC(F)(F)F)C(=O)O. The zero-order valence-electron chi connectivity index (χ0n) is 10.7. The molecule has 0 heterocycles. The van der Waals surface area contributed by atoms with Gasteiger partial charge in [-0.05, 0) is 19.8 Å². The molecule has 9 heteroatoms. The highest BCUT2D eigenvalue weighted by atomic mass is 32.2. The lowest BCUT2D eigenvalue weighted by Crippen LogP contribution is -2.41. The van der Waals surface area contributed by atoms with E-state index in [0.717, 1.165) is 0 Å². The molecule has 0 bridgehead atoms. The summed E-state index contributed by atoms with van der Waals surface area (Å²) in [5.41, 5.74) is -1.27. The molecular weight excluding hydrogens is 287 g/mol. The summed E-state index contributed by atoms with van der Waals surface area (Å²) in [6, 6.07) is 0. The van der Waals surface area contributed by atoms with Crippen LogP contribution in [0.15, 0.2) is 0 Å². The van der Waals surface area contributed by atoms with Crippen LogP contribution in [0.2, 0.25) is 0 Å². The second-order valence-corrected chi connectivity index (χ2v) is 6.50. The Kier molecular flexibility index (Phi) is 6.27. The fourth-order valence-corrected chi connectivity index (χ4v) is 2.36. The van der Waals surface area contributed by atoms with E-state index in [9.17, 15) is 26.4 Å². The van der Waals surface area contributed by atoms with Crippen molar-refractivity contribution in [3.05, 3.63) is 0 Å². The summed E-state index contributed by atoms with van der Waals surface area (Å²) in [6.07, 6.45) is -5.92. The lowest BCUT2D eigenvalue weighted by molar-refractivity contribution is -0.147. The Morgan fingerprint density at radius 3 is 2.21 bits per heavy atom. The molecule has 114 valence electrons. The summed E-state index contributed by atoms with van der Waals surface area (Å²) in [7, 11) is -3.89. The van der Waals surface area contributed by atoms with Crippen molar-refractivity contribution in [3.63, 3.8) is 0 Å². The van der Waals surface area contributed by atoms with Crippen LogP contribution in [0.25, 0.3) is 0 Å². The molecule has 0 fully saturated rings. The number of halogens is 3. The largest absolute Gasteiger partial charge is 0.481 e. The molecule has 0 aromatic rings. The maximum absolute atomic E-state index is 11.9. The van der Waals surface area contributed by atoms with Crippen molar-refractivity contribution >= 4 is 16.0 Å². The number of aliphatic carboxylic acids is 1. The van der Waals surface area contributed by atoms with E-state index in [1.807, 2.05) is 4.72 Å². The average molecular weight is 305 g/mol. The van der Waals surface area contributed by atoms with Crippen molar-refractivity contribution in [2.24, 2.45) is 5.41 Å². The third-order valence-corrected chi connectivity index (χ3v) is 4.26. The Labute approximate surface area is 110 Å². The number of rotatable bonds is 8. The summed E-state index contributed by atoms with van der Waals surface area (Å²) in [6.45, 7) is 2.62. The van der Waals surface area contributed by atoms with Gasteiger partial charge in [0.2, 0.25) is 10.0 Å². The molecule has 0 saturated heterocycles. The highest BCUT2D eigenvalue weighted by Crippen LogP contribution is 2.22. The molecule has 0 aromatic heterocycles. The van der Waals surface area contributed by atoms with Gasteiger partial charge < -0.3 is 5.11 Å². The molecule has 0 spiro atoms. The van der Waals surface area contributed by atoms with Crippen molar-refractivity contribution in [3.8, 4) is 0 Å². The van der Waals surface area contributed by atoms with Gasteiger partial charge in [-0.25, -0.2) is 13.1 Å². The van der Waals surface area contributed by atoms with Crippen LogP contribution in [0.3, 0.4) is 0 Å². The summed E-state index contributed by atoms with van der Waals surface area (Å²) < 4.78 is 60.5. The van der Waals surface area contributed by atoms with Crippen molar-refractivity contribution in [2.75, 3.05) is 12.3 Å². The zero-order chi connectivity index (χ0) is 15.3. The van der Waals surface area contributed by atoms with Gasteiger partial charge in [0.25, 0.3) is 0 Å². The minimum Gasteiger partial charge on any atom is -0.481 e. The van der Waals surface area contributed by atoms with Crippen LogP contribution in [0.4, 0.5) is 13.2 Å². The number of carboxylic acids is 1. The smallest absolute Gasteiger partial charge is 0.389 e. The number of sulfonamides is 1. The molecule has 0 aliphatic rings. The Morgan fingerprint density at radius 2 is 1.84 bits per heavy atom. The number of carboxylic acid groups (broad SMARTS) is 1. The van der Waals surface area contributed by atoms with Crippen LogP contribution in [-0.2, 0) is 14.8 Å². The van der Waals surface area contributed by atoms with Crippen LogP contribution in [0, 0.1) is 5.41 Å². The molecule has 0 aliphatic heterocycles. The van der Waals surface area contributed by atoms with Crippen molar-refractivity contribution in [1.82, 2.24) is 4.72 Å². The number of hydrogen-bond acceptors (Lipinski definition) is 3. The molecule has 2 N–H and O–H groups in total. The van der Waals surface area contributed by atoms with Gasteiger partial charge in [0, 0.05) is 13.0 Å². The maximum Gasteiger partial charge on any atom is 0.389 e. The average Bonchev–Trinajstić information content (AvgIpc) is 2.23. The maximum atomic E-state index is 11.9. The minimum atomic E-state index is -4.39. The predicted molar refractivity (Wildman–Crippen MR) is 63.1 cm³/mol. The molecule has 0 aliphatic carbocycles. The Hall–Kier alpha value is -0.830. The van der Waals surface area contributed by atoms with E-state index in [2.05, 4.69) is 0 Å². The number of hydrogen-bond donors (Lipinski definition) is 2. The summed E-state index contributed by atoms with van der Waals surface area (Å²) >= 11 is 0. The van der Waals surface area contributed by atoms with E-state index in [1.54, 1.807) is 6.92 Å². The highest BCUT2D eigenvalue weighted by molar-refractivity contribution is 7.89. The van der Waals surface area contributed by atoms with Gasteiger partial charge in [-0.2, -0.15) is 13.2 Å². The van der Waals surface area contributed by atoms with Crippen LogP contribution >= 0.6 is 0 Å². The molecule has 0 rings (SSSR count). The first kappa shape index (κ1) is 18.2. The van der Waals surface area contributed by atoms with Crippen molar-refractivity contribution in [1.29, 1.82) is 0 Å². The first-order valence-electron chi connectivity index (χ1n) is 5.69. The molecule has 1 atom stereocenters. The van der Waals surface area contributed by atoms with Gasteiger partial charge in [0.15, 0.2) is 0 Å². The van der Waals surface area contributed by atoms with Gasteiger partial charge in [0.1, 0.15) is 0 Å². The molecule has 0 radical (unpaired) electrons. The van der Waals surface area contributed by atoms with Gasteiger partial charge in [-0.1, -0.05) is 6.92 Å². The Balaban J connectivity index is 4.36. The first-order chi connectivity index (χ1) is 8.42. The monoisotopic (exact) mass is 305 g/mol. The normalized spacial score (nSPS) is 16.1. The van der Waals surface area contributed by atoms with Crippen LogP contribution in [0.1, 0.15) is 33.1 Å². The fraction of sp³-hybridized carbons (Fsp3) is 0.900. The first-order valence-corrected chi connectivity index (χ1v) is 7.34. The van der Waals surface area contributed by atoms with E-state index in [4.69, 9.17) is 5.11 Å². The second-order valence-electron chi connectivity index (χ2n) is 4.58. The van der Waals surface area contributed by atoms with Crippen LogP contribution < -0.4 is 4.72 Å². The molecule has 0 amide bonds. The number of alkyl halides is 3. The Bertz CT molecular complexity index is 407. The molecule has 1 unspecified atom stereocenters. The second kappa shape index (κ2) is 6.56. The Morgan fingerprint density at radius 1 is 1.32 bits per heavy atom. The summed E-state index contributed by atoms with van der Waals surface area (Å²) in [5.74, 6) is -1.83. The quantitative estimate of drug-likeness (QED) is 0.715. The van der Waals surface area contributed by atoms with Gasteiger partial charge >= 0.3 is 12.1 Å². The van der Waals surface area contributed by atoms with E-state index in [1.165, 1.54) is 6.92 Å². The highest BCUT2D eigenvalue weighted by Gasteiger charge is 2.33. The van der Waals surface area contributed by atoms with E-state index < -0.39 is 46.2 Å². The number of nitrogens with one attached hydrogen (secondary N) is 1. The molecule has 0 saturated carbocycles. The standard InChI is InChI=1S/C10H18F3NO4S/c1-3-9(2,8(15)16)7-14-19(17,18)6-4-5-10(11,12)13/h14H,3-7H2,1-2H3,(H,15,16). The zero-order valence-corrected chi connectivity index (χ0v) is 11.6. The van der Waals surface area contributed by atoms with Crippen LogP contribution in [0.5, 0.6) is 0 Å². The summed E-state index contributed by atoms with van der Waals surface area (Å²) in [5, 5.41) is 8.93. The third kappa shape index (κ3) is 7.36. The third-order valence-electron chi connectivity index (χ3n) is 2.85. The van der Waals surface area contributed by atoms with Gasteiger partial charge in [-0.15, -0.1) is 0 Å². The van der Waals surface area contributed by atoms with Crippen molar-refractivity contribution < 1.29 is 31.5 Å². The lowest BCUT2D eigenvalue weighted by atomic mass is 9.88. The van der Waals surface area contributed by atoms with Crippen molar-refractivity contribution in [2.45, 2.75) is 39.3 Å². The van der Waals surface area contributed by atoms with Crippen LogP contribution in [-0.4, -0.2) is 38.0 Å². The topological polar surface area (TPSA) is 83.5 Å². The molecule has 0 aromatic carbocycles.